The minimum absolute atomic E-state index is 0. The summed E-state index contributed by atoms with van der Waals surface area (Å²) in [6.07, 6.45) is 2.94. The summed E-state index contributed by atoms with van der Waals surface area (Å²) in [6, 6.07) is 3.82. The standard InChI is InChI=1S/C13H14ClN3O3.ClH/c14-12-7-10(17(19)20)1-2-11(12)13(18)16-8-9-3-5-15-6-4-9;/h1-3,7,15H,4-6,8H2,(H,16,18);1H. The van der Waals surface area contributed by atoms with Crippen LogP contribution in [-0.4, -0.2) is 30.5 Å². The molecule has 6 nitrogen and oxygen atoms in total. The molecule has 0 bridgehead atoms. The summed E-state index contributed by atoms with van der Waals surface area (Å²) in [5.41, 5.74) is 1.27. The van der Waals surface area contributed by atoms with Gasteiger partial charge in [-0.3, -0.25) is 14.9 Å². The number of benzene rings is 1. The smallest absolute Gasteiger partial charge is 0.270 e. The van der Waals surface area contributed by atoms with Gasteiger partial charge >= 0.3 is 0 Å². The molecule has 0 aromatic heterocycles. The average molecular weight is 332 g/mol. The largest absolute Gasteiger partial charge is 0.348 e. The van der Waals surface area contributed by atoms with E-state index in [-0.39, 0.29) is 34.6 Å². The first-order valence-corrected chi connectivity index (χ1v) is 6.56. The molecule has 0 radical (unpaired) electrons. The molecule has 0 saturated heterocycles. The van der Waals surface area contributed by atoms with E-state index in [9.17, 15) is 14.9 Å². The SMILES string of the molecule is Cl.O=C(NCC1=CCNCC1)c1ccc([N+](=O)[O-])cc1Cl. The molecule has 1 aromatic rings. The summed E-state index contributed by atoms with van der Waals surface area (Å²) in [7, 11) is 0. The fraction of sp³-hybridized carbons (Fsp3) is 0.308. The van der Waals surface area contributed by atoms with Crippen LogP contribution in [0.4, 0.5) is 5.69 Å². The highest BCUT2D eigenvalue weighted by Crippen LogP contribution is 2.22. The number of hydrogen-bond acceptors (Lipinski definition) is 4. The fourth-order valence-corrected chi connectivity index (χ4v) is 2.18. The van der Waals surface area contributed by atoms with Crippen molar-refractivity contribution in [3.8, 4) is 0 Å². The number of rotatable bonds is 4. The van der Waals surface area contributed by atoms with Crippen molar-refractivity contribution in [2.24, 2.45) is 0 Å². The highest BCUT2D eigenvalue weighted by atomic mass is 35.5. The van der Waals surface area contributed by atoms with Gasteiger partial charge in [-0.1, -0.05) is 23.3 Å². The molecule has 0 saturated carbocycles. The van der Waals surface area contributed by atoms with E-state index >= 15 is 0 Å². The molecule has 8 heteroatoms. The van der Waals surface area contributed by atoms with E-state index in [1.165, 1.54) is 18.2 Å². The molecule has 1 heterocycles. The third-order valence-electron chi connectivity index (χ3n) is 3.04. The second kappa shape index (κ2) is 7.97. The highest BCUT2D eigenvalue weighted by Gasteiger charge is 2.15. The first-order chi connectivity index (χ1) is 9.58. The van der Waals surface area contributed by atoms with Crippen molar-refractivity contribution >= 4 is 35.6 Å². The molecule has 2 rings (SSSR count). The molecule has 0 spiro atoms. The van der Waals surface area contributed by atoms with Crippen LogP contribution < -0.4 is 10.6 Å². The maximum absolute atomic E-state index is 12.0. The van der Waals surface area contributed by atoms with Gasteiger partial charge in [0.25, 0.3) is 11.6 Å². The number of carbonyl (C=O) groups is 1. The van der Waals surface area contributed by atoms with Crippen LogP contribution in [0.3, 0.4) is 0 Å². The minimum atomic E-state index is -0.548. The Morgan fingerprint density at radius 2 is 2.24 bits per heavy atom. The van der Waals surface area contributed by atoms with Gasteiger partial charge in [0.15, 0.2) is 0 Å². The monoisotopic (exact) mass is 331 g/mol. The van der Waals surface area contributed by atoms with Gasteiger partial charge in [0.1, 0.15) is 0 Å². The van der Waals surface area contributed by atoms with Gasteiger partial charge in [-0.15, -0.1) is 12.4 Å². The second-order valence-electron chi connectivity index (χ2n) is 4.42. The summed E-state index contributed by atoms with van der Waals surface area (Å²) < 4.78 is 0. The molecule has 0 fully saturated rings. The molecule has 1 aliphatic heterocycles. The summed E-state index contributed by atoms with van der Waals surface area (Å²) >= 11 is 5.90. The van der Waals surface area contributed by atoms with Crippen LogP contribution in [0.1, 0.15) is 16.8 Å². The fourth-order valence-electron chi connectivity index (χ4n) is 1.92. The predicted octanol–water partition coefficient (Wildman–Crippen LogP) is 2.32. The van der Waals surface area contributed by atoms with Crippen LogP contribution in [0, 0.1) is 10.1 Å². The molecule has 0 aliphatic carbocycles. The van der Waals surface area contributed by atoms with Crippen LogP contribution >= 0.6 is 24.0 Å². The molecule has 2 N–H and O–H groups in total. The Kier molecular flexibility index (Phi) is 6.61. The van der Waals surface area contributed by atoms with Crippen LogP contribution in [0.15, 0.2) is 29.8 Å². The van der Waals surface area contributed by atoms with E-state index in [0.29, 0.717) is 6.54 Å². The molecule has 1 aliphatic rings. The molecule has 0 atom stereocenters. The maximum Gasteiger partial charge on any atom is 0.270 e. The van der Waals surface area contributed by atoms with Gasteiger partial charge in [0.2, 0.25) is 0 Å². The van der Waals surface area contributed by atoms with Gasteiger partial charge < -0.3 is 10.6 Å². The lowest BCUT2D eigenvalue weighted by atomic mass is 10.1. The van der Waals surface area contributed by atoms with Crippen molar-refractivity contribution in [3.63, 3.8) is 0 Å². The Hall–Kier alpha value is -1.63. The lowest BCUT2D eigenvalue weighted by Gasteiger charge is -2.14. The van der Waals surface area contributed by atoms with Crippen LogP contribution in [0.25, 0.3) is 0 Å². The van der Waals surface area contributed by atoms with E-state index in [1.807, 2.05) is 6.08 Å². The van der Waals surface area contributed by atoms with Crippen molar-refractivity contribution in [2.45, 2.75) is 6.42 Å². The first-order valence-electron chi connectivity index (χ1n) is 6.18. The van der Waals surface area contributed by atoms with Crippen molar-refractivity contribution in [1.82, 2.24) is 10.6 Å². The summed E-state index contributed by atoms with van der Waals surface area (Å²) in [5.74, 6) is -0.329. The number of carbonyl (C=O) groups excluding carboxylic acids is 1. The van der Waals surface area contributed by atoms with Gasteiger partial charge in [-0.2, -0.15) is 0 Å². The third kappa shape index (κ3) is 4.70. The van der Waals surface area contributed by atoms with Crippen molar-refractivity contribution in [1.29, 1.82) is 0 Å². The Labute approximate surface area is 133 Å². The molecule has 21 heavy (non-hydrogen) atoms. The summed E-state index contributed by atoms with van der Waals surface area (Å²) in [5, 5.41) is 16.6. The Balaban J connectivity index is 0.00000220. The van der Waals surface area contributed by atoms with E-state index in [0.717, 1.165) is 25.1 Å². The number of halogens is 2. The average Bonchev–Trinajstić information content (AvgIpc) is 2.45. The number of nitro groups is 1. The van der Waals surface area contributed by atoms with Gasteiger partial charge in [-0.25, -0.2) is 0 Å². The molecule has 1 amide bonds. The van der Waals surface area contributed by atoms with Crippen LogP contribution in [-0.2, 0) is 0 Å². The number of hydrogen-bond donors (Lipinski definition) is 2. The molecule has 0 unspecified atom stereocenters. The number of non-ortho nitro benzene ring substituents is 1. The quantitative estimate of drug-likeness (QED) is 0.503. The van der Waals surface area contributed by atoms with Gasteiger partial charge in [0.05, 0.1) is 15.5 Å². The first kappa shape index (κ1) is 17.4. The van der Waals surface area contributed by atoms with Gasteiger partial charge in [-0.05, 0) is 19.0 Å². The lowest BCUT2D eigenvalue weighted by Crippen LogP contribution is -2.29. The highest BCUT2D eigenvalue weighted by molar-refractivity contribution is 6.34. The second-order valence-corrected chi connectivity index (χ2v) is 4.83. The normalized spacial score (nSPS) is 13.9. The van der Waals surface area contributed by atoms with E-state index in [4.69, 9.17) is 11.6 Å². The Bertz CT molecular complexity index is 576. The Morgan fingerprint density at radius 3 is 2.81 bits per heavy atom. The summed E-state index contributed by atoms with van der Waals surface area (Å²) in [4.78, 5) is 22.0. The predicted molar refractivity (Wildman–Crippen MR) is 83.3 cm³/mol. The van der Waals surface area contributed by atoms with E-state index in [1.54, 1.807) is 0 Å². The zero-order valence-corrected chi connectivity index (χ0v) is 12.7. The molecular formula is C13H15Cl2N3O3. The summed E-state index contributed by atoms with van der Waals surface area (Å²) in [6.45, 7) is 2.18. The topological polar surface area (TPSA) is 84.3 Å². The zero-order chi connectivity index (χ0) is 14.5. The maximum atomic E-state index is 12.0. The minimum Gasteiger partial charge on any atom is -0.348 e. The van der Waals surface area contributed by atoms with E-state index < -0.39 is 4.92 Å². The number of nitrogens with one attached hydrogen (secondary N) is 2. The van der Waals surface area contributed by atoms with Crippen molar-refractivity contribution in [3.05, 3.63) is 50.5 Å². The zero-order valence-electron chi connectivity index (χ0n) is 11.1. The molecular weight excluding hydrogens is 317 g/mol. The molecule has 114 valence electrons. The van der Waals surface area contributed by atoms with E-state index in [2.05, 4.69) is 10.6 Å². The van der Waals surface area contributed by atoms with Crippen LogP contribution in [0.2, 0.25) is 5.02 Å². The third-order valence-corrected chi connectivity index (χ3v) is 3.35. The van der Waals surface area contributed by atoms with Gasteiger partial charge in [0, 0.05) is 25.2 Å². The number of amides is 1. The number of nitro benzene ring substituents is 1. The van der Waals surface area contributed by atoms with Crippen LogP contribution in [0.5, 0.6) is 0 Å². The lowest BCUT2D eigenvalue weighted by molar-refractivity contribution is -0.384. The Morgan fingerprint density at radius 1 is 1.48 bits per heavy atom. The van der Waals surface area contributed by atoms with Crippen molar-refractivity contribution < 1.29 is 9.72 Å². The van der Waals surface area contributed by atoms with Crippen molar-refractivity contribution in [2.75, 3.05) is 19.6 Å². The number of nitrogens with zero attached hydrogens (tertiary/aromatic N) is 1. The molecule has 1 aromatic carbocycles.